The highest BCUT2D eigenvalue weighted by Gasteiger charge is 2.10. The van der Waals surface area contributed by atoms with E-state index in [-0.39, 0.29) is 6.04 Å². The second-order valence-electron chi connectivity index (χ2n) is 4.75. The minimum atomic E-state index is 0.168. The molecule has 4 heteroatoms. The van der Waals surface area contributed by atoms with Gasteiger partial charge >= 0.3 is 0 Å². The molecule has 0 saturated carbocycles. The molecular formula is C15H17N3O. The second kappa shape index (κ2) is 4.90. The molecule has 0 spiro atoms. The van der Waals surface area contributed by atoms with E-state index in [1.165, 1.54) is 0 Å². The normalized spacial score (nSPS) is 12.9. The standard InChI is InChI=1S/C15H17N3O/c1-10-7-8-14(19-10)11(2)16-9-15-17-12-5-3-4-6-13(12)18-15/h3-8,11,16H,9H2,1-2H3,(H,17,18). The lowest BCUT2D eigenvalue weighted by Crippen LogP contribution is -2.18. The van der Waals surface area contributed by atoms with Gasteiger partial charge in [0.2, 0.25) is 0 Å². The second-order valence-corrected chi connectivity index (χ2v) is 4.75. The molecule has 1 atom stereocenters. The van der Waals surface area contributed by atoms with E-state index in [4.69, 9.17) is 4.42 Å². The van der Waals surface area contributed by atoms with Crippen molar-refractivity contribution in [2.24, 2.45) is 0 Å². The summed E-state index contributed by atoms with van der Waals surface area (Å²) in [4.78, 5) is 7.84. The van der Waals surface area contributed by atoms with E-state index in [1.54, 1.807) is 0 Å². The number of H-pyrrole nitrogens is 1. The van der Waals surface area contributed by atoms with Crippen molar-refractivity contribution in [3.63, 3.8) is 0 Å². The predicted octanol–water partition coefficient (Wildman–Crippen LogP) is 3.32. The van der Waals surface area contributed by atoms with Crippen LogP contribution in [0.4, 0.5) is 0 Å². The van der Waals surface area contributed by atoms with Gasteiger partial charge in [0.1, 0.15) is 17.3 Å². The molecule has 1 unspecified atom stereocenters. The van der Waals surface area contributed by atoms with E-state index in [0.717, 1.165) is 28.4 Å². The van der Waals surface area contributed by atoms with Gasteiger partial charge in [-0.2, -0.15) is 0 Å². The maximum atomic E-state index is 5.60. The molecule has 0 fully saturated rings. The van der Waals surface area contributed by atoms with Gasteiger partial charge in [-0.25, -0.2) is 4.98 Å². The fourth-order valence-corrected chi connectivity index (χ4v) is 2.13. The number of aromatic nitrogens is 2. The third-order valence-corrected chi connectivity index (χ3v) is 3.20. The van der Waals surface area contributed by atoms with Crippen LogP contribution in [0.25, 0.3) is 11.0 Å². The highest BCUT2D eigenvalue weighted by atomic mass is 16.3. The van der Waals surface area contributed by atoms with Crippen molar-refractivity contribution >= 4 is 11.0 Å². The van der Waals surface area contributed by atoms with Crippen LogP contribution in [0.1, 0.15) is 30.3 Å². The highest BCUT2D eigenvalue weighted by Crippen LogP contribution is 2.16. The average Bonchev–Trinajstić information content (AvgIpc) is 3.01. The topological polar surface area (TPSA) is 53.9 Å². The van der Waals surface area contributed by atoms with E-state index < -0.39 is 0 Å². The molecule has 4 nitrogen and oxygen atoms in total. The predicted molar refractivity (Wildman–Crippen MR) is 74.8 cm³/mol. The summed E-state index contributed by atoms with van der Waals surface area (Å²) < 4.78 is 5.60. The number of imidazole rings is 1. The van der Waals surface area contributed by atoms with E-state index >= 15 is 0 Å². The van der Waals surface area contributed by atoms with Crippen molar-refractivity contribution in [2.75, 3.05) is 0 Å². The van der Waals surface area contributed by atoms with Crippen LogP contribution in [-0.4, -0.2) is 9.97 Å². The Morgan fingerprint density at radius 1 is 1.26 bits per heavy atom. The van der Waals surface area contributed by atoms with Gasteiger partial charge in [-0.1, -0.05) is 12.1 Å². The quantitative estimate of drug-likeness (QED) is 0.752. The van der Waals surface area contributed by atoms with Crippen molar-refractivity contribution in [1.82, 2.24) is 15.3 Å². The van der Waals surface area contributed by atoms with Gasteiger partial charge in [0.05, 0.1) is 23.6 Å². The molecule has 2 N–H and O–H groups in total. The van der Waals surface area contributed by atoms with E-state index in [9.17, 15) is 0 Å². The number of rotatable bonds is 4. The molecule has 0 bridgehead atoms. The number of nitrogens with zero attached hydrogens (tertiary/aromatic N) is 1. The van der Waals surface area contributed by atoms with Gasteiger partial charge in [0, 0.05) is 0 Å². The third kappa shape index (κ3) is 2.53. The SMILES string of the molecule is Cc1ccc(C(C)NCc2nc3ccccc3[nH]2)o1. The van der Waals surface area contributed by atoms with Crippen LogP contribution in [0.5, 0.6) is 0 Å². The lowest BCUT2D eigenvalue weighted by Gasteiger charge is -2.09. The molecule has 0 radical (unpaired) electrons. The number of aromatic amines is 1. The molecule has 0 amide bonds. The molecule has 0 aliphatic rings. The number of benzene rings is 1. The summed E-state index contributed by atoms with van der Waals surface area (Å²) in [5.41, 5.74) is 2.07. The Morgan fingerprint density at radius 2 is 2.11 bits per heavy atom. The molecule has 0 aliphatic carbocycles. The van der Waals surface area contributed by atoms with Gasteiger partial charge in [0.15, 0.2) is 0 Å². The van der Waals surface area contributed by atoms with Crippen molar-refractivity contribution in [3.8, 4) is 0 Å². The fraction of sp³-hybridized carbons (Fsp3) is 0.267. The van der Waals surface area contributed by atoms with Crippen molar-refractivity contribution in [3.05, 3.63) is 53.7 Å². The molecule has 0 saturated heterocycles. The first-order valence-corrected chi connectivity index (χ1v) is 6.46. The van der Waals surface area contributed by atoms with Gasteiger partial charge in [-0.15, -0.1) is 0 Å². The summed E-state index contributed by atoms with van der Waals surface area (Å²) in [5, 5.41) is 3.40. The molecule has 3 rings (SSSR count). The first kappa shape index (κ1) is 12.0. The smallest absolute Gasteiger partial charge is 0.121 e. The Hall–Kier alpha value is -2.07. The van der Waals surface area contributed by atoms with Crippen LogP contribution in [0.3, 0.4) is 0 Å². The molecular weight excluding hydrogens is 238 g/mol. The third-order valence-electron chi connectivity index (χ3n) is 3.20. The van der Waals surface area contributed by atoms with Gasteiger partial charge in [0.25, 0.3) is 0 Å². The Kier molecular flexibility index (Phi) is 3.09. The molecule has 19 heavy (non-hydrogen) atoms. The van der Waals surface area contributed by atoms with Gasteiger partial charge in [-0.05, 0) is 38.1 Å². The number of fused-ring (bicyclic) bond motifs is 1. The molecule has 98 valence electrons. The monoisotopic (exact) mass is 255 g/mol. The minimum absolute atomic E-state index is 0.168. The zero-order valence-corrected chi connectivity index (χ0v) is 11.1. The summed E-state index contributed by atoms with van der Waals surface area (Å²) in [6.07, 6.45) is 0. The van der Waals surface area contributed by atoms with E-state index in [0.29, 0.717) is 6.54 Å². The largest absolute Gasteiger partial charge is 0.465 e. The maximum absolute atomic E-state index is 5.60. The van der Waals surface area contributed by atoms with Gasteiger partial charge < -0.3 is 14.7 Å². The number of para-hydroxylation sites is 2. The van der Waals surface area contributed by atoms with Crippen LogP contribution < -0.4 is 5.32 Å². The zero-order chi connectivity index (χ0) is 13.2. The first-order chi connectivity index (χ1) is 9.22. The summed E-state index contributed by atoms with van der Waals surface area (Å²) in [6.45, 7) is 4.73. The Morgan fingerprint density at radius 3 is 2.84 bits per heavy atom. The zero-order valence-electron chi connectivity index (χ0n) is 11.1. The summed E-state index contributed by atoms with van der Waals surface area (Å²) in [7, 11) is 0. The lowest BCUT2D eigenvalue weighted by atomic mass is 10.2. The Balaban J connectivity index is 1.68. The average molecular weight is 255 g/mol. The van der Waals surface area contributed by atoms with Crippen molar-refractivity contribution in [2.45, 2.75) is 26.4 Å². The van der Waals surface area contributed by atoms with Crippen LogP contribution in [0.15, 0.2) is 40.8 Å². The molecule has 1 aromatic carbocycles. The number of furan rings is 1. The Bertz CT molecular complexity index is 650. The molecule has 2 heterocycles. The van der Waals surface area contributed by atoms with Gasteiger partial charge in [-0.3, -0.25) is 0 Å². The fourth-order valence-electron chi connectivity index (χ4n) is 2.13. The number of nitrogens with one attached hydrogen (secondary N) is 2. The lowest BCUT2D eigenvalue weighted by molar-refractivity contribution is 0.413. The summed E-state index contributed by atoms with van der Waals surface area (Å²) >= 11 is 0. The van der Waals surface area contributed by atoms with Crippen LogP contribution in [0.2, 0.25) is 0 Å². The summed E-state index contributed by atoms with van der Waals surface area (Å²) in [6, 6.07) is 12.2. The molecule has 0 aliphatic heterocycles. The number of aryl methyl sites for hydroxylation is 1. The van der Waals surface area contributed by atoms with Crippen molar-refractivity contribution in [1.29, 1.82) is 0 Å². The van der Waals surface area contributed by atoms with Crippen LogP contribution >= 0.6 is 0 Å². The van der Waals surface area contributed by atoms with E-state index in [1.807, 2.05) is 43.3 Å². The summed E-state index contributed by atoms with van der Waals surface area (Å²) in [5.74, 6) is 2.83. The first-order valence-electron chi connectivity index (χ1n) is 6.46. The highest BCUT2D eigenvalue weighted by molar-refractivity contribution is 5.74. The number of hydrogen-bond donors (Lipinski definition) is 2. The molecule has 3 aromatic rings. The maximum Gasteiger partial charge on any atom is 0.121 e. The van der Waals surface area contributed by atoms with Crippen LogP contribution in [-0.2, 0) is 6.54 Å². The van der Waals surface area contributed by atoms with E-state index in [2.05, 4.69) is 22.2 Å². The van der Waals surface area contributed by atoms with Crippen molar-refractivity contribution < 1.29 is 4.42 Å². The minimum Gasteiger partial charge on any atom is -0.465 e. The Labute approximate surface area is 111 Å². The van der Waals surface area contributed by atoms with Crippen LogP contribution in [0, 0.1) is 6.92 Å². The number of hydrogen-bond acceptors (Lipinski definition) is 3. The molecule has 2 aromatic heterocycles.